The molecule has 1 aliphatic heterocycles. The largest absolute Gasteiger partial charge is 0.326 e. The molecule has 2 rings (SSSR count). The Morgan fingerprint density at radius 2 is 1.72 bits per heavy atom. The van der Waals surface area contributed by atoms with E-state index in [1.54, 1.807) is 0 Å². The number of hydrogen-bond acceptors (Lipinski definition) is 3. The zero-order chi connectivity index (χ0) is 13.1. The van der Waals surface area contributed by atoms with E-state index in [1.165, 1.54) is 4.90 Å². The minimum Gasteiger partial charge on any atom is -0.326 e. The van der Waals surface area contributed by atoms with Crippen molar-refractivity contribution in [1.29, 1.82) is 0 Å². The average molecular weight is 246 g/mol. The third-order valence-electron chi connectivity index (χ3n) is 3.40. The molecule has 0 aromatic heterocycles. The lowest BCUT2D eigenvalue weighted by molar-refractivity contribution is -0.150. The maximum Gasteiger partial charge on any atom is 0.229 e. The van der Waals surface area contributed by atoms with Gasteiger partial charge in [0.1, 0.15) is 0 Å². The maximum atomic E-state index is 11.8. The number of rotatable bonds is 3. The van der Waals surface area contributed by atoms with Gasteiger partial charge in [-0.2, -0.15) is 0 Å². The van der Waals surface area contributed by atoms with E-state index >= 15 is 0 Å². The maximum absolute atomic E-state index is 11.8. The van der Waals surface area contributed by atoms with E-state index in [1.807, 2.05) is 31.2 Å². The fourth-order valence-corrected chi connectivity index (χ4v) is 2.28. The second-order valence-electron chi connectivity index (χ2n) is 4.63. The summed E-state index contributed by atoms with van der Waals surface area (Å²) in [5.74, 6) is -0.136. The van der Waals surface area contributed by atoms with Gasteiger partial charge in [0.2, 0.25) is 11.8 Å². The fourth-order valence-electron chi connectivity index (χ4n) is 2.28. The van der Waals surface area contributed by atoms with Crippen molar-refractivity contribution < 1.29 is 9.59 Å². The van der Waals surface area contributed by atoms with Gasteiger partial charge >= 0.3 is 0 Å². The highest BCUT2D eigenvalue weighted by Crippen LogP contribution is 2.25. The van der Waals surface area contributed by atoms with Crippen LogP contribution >= 0.6 is 0 Å². The van der Waals surface area contributed by atoms with E-state index in [0.29, 0.717) is 25.8 Å². The van der Waals surface area contributed by atoms with Gasteiger partial charge in [0.25, 0.3) is 0 Å². The highest BCUT2D eigenvalue weighted by atomic mass is 16.2. The molecular formula is C14H18N2O2. The number of carbonyl (C=O) groups excluding carboxylic acids is 2. The fraction of sp³-hybridized carbons (Fsp3) is 0.429. The van der Waals surface area contributed by atoms with Gasteiger partial charge in [-0.1, -0.05) is 24.3 Å². The van der Waals surface area contributed by atoms with Crippen LogP contribution in [0.4, 0.5) is 0 Å². The van der Waals surface area contributed by atoms with Crippen LogP contribution in [0.2, 0.25) is 0 Å². The lowest BCUT2D eigenvalue weighted by atomic mass is 10.0. The molecule has 0 bridgehead atoms. The van der Waals surface area contributed by atoms with Gasteiger partial charge in [-0.05, 0) is 24.5 Å². The molecule has 1 aromatic rings. The van der Waals surface area contributed by atoms with Crippen LogP contribution in [0.15, 0.2) is 24.3 Å². The molecule has 1 atom stereocenters. The van der Waals surface area contributed by atoms with Crippen molar-refractivity contribution in [3.8, 4) is 0 Å². The van der Waals surface area contributed by atoms with Gasteiger partial charge < -0.3 is 5.73 Å². The van der Waals surface area contributed by atoms with E-state index < -0.39 is 0 Å². The molecule has 0 radical (unpaired) electrons. The summed E-state index contributed by atoms with van der Waals surface area (Å²) in [6.07, 6.45) is 1.61. The molecule has 2 N–H and O–H groups in total. The standard InChI is InChI=1S/C14H18N2O2/c1-10(12-7-5-11(9-15)6-8-12)16-13(17)3-2-4-14(16)18/h5-8,10H,2-4,9,15H2,1H3. The predicted octanol–water partition coefficient (Wildman–Crippen LogP) is 1.75. The Hall–Kier alpha value is -1.68. The molecule has 1 heterocycles. The first kappa shape index (κ1) is 12.8. The first-order valence-electron chi connectivity index (χ1n) is 6.27. The van der Waals surface area contributed by atoms with Gasteiger partial charge in [-0.15, -0.1) is 0 Å². The summed E-state index contributed by atoms with van der Waals surface area (Å²) in [5, 5.41) is 0. The highest BCUT2D eigenvalue weighted by Gasteiger charge is 2.30. The normalized spacial score (nSPS) is 18.0. The molecule has 1 fully saturated rings. The van der Waals surface area contributed by atoms with Crippen LogP contribution in [0.3, 0.4) is 0 Å². The van der Waals surface area contributed by atoms with Crippen molar-refractivity contribution in [2.24, 2.45) is 5.73 Å². The number of amides is 2. The molecule has 4 heteroatoms. The zero-order valence-corrected chi connectivity index (χ0v) is 10.6. The summed E-state index contributed by atoms with van der Waals surface area (Å²) in [6.45, 7) is 2.38. The van der Waals surface area contributed by atoms with Gasteiger partial charge in [-0.3, -0.25) is 14.5 Å². The molecule has 1 aliphatic rings. The van der Waals surface area contributed by atoms with Crippen LogP contribution in [0, 0.1) is 0 Å². The second kappa shape index (κ2) is 5.31. The summed E-state index contributed by atoms with van der Waals surface area (Å²) in [7, 11) is 0. The molecule has 1 aromatic carbocycles. The molecule has 18 heavy (non-hydrogen) atoms. The summed E-state index contributed by atoms with van der Waals surface area (Å²) in [5.41, 5.74) is 7.56. The Labute approximate surface area is 107 Å². The number of nitrogens with zero attached hydrogens (tertiary/aromatic N) is 1. The Morgan fingerprint density at radius 1 is 1.17 bits per heavy atom. The van der Waals surface area contributed by atoms with Crippen molar-refractivity contribution in [2.45, 2.75) is 38.8 Å². The highest BCUT2D eigenvalue weighted by molar-refractivity contribution is 5.97. The third-order valence-corrected chi connectivity index (χ3v) is 3.40. The van der Waals surface area contributed by atoms with Crippen LogP contribution in [-0.4, -0.2) is 16.7 Å². The summed E-state index contributed by atoms with van der Waals surface area (Å²) in [4.78, 5) is 25.0. The number of carbonyl (C=O) groups is 2. The van der Waals surface area contributed by atoms with Crippen LogP contribution in [-0.2, 0) is 16.1 Å². The predicted molar refractivity (Wildman–Crippen MR) is 68.5 cm³/mol. The second-order valence-corrected chi connectivity index (χ2v) is 4.63. The first-order valence-corrected chi connectivity index (χ1v) is 6.27. The van der Waals surface area contributed by atoms with E-state index in [2.05, 4.69) is 0 Å². The average Bonchev–Trinajstić information content (AvgIpc) is 2.38. The quantitative estimate of drug-likeness (QED) is 0.826. The Kier molecular flexibility index (Phi) is 3.77. The van der Waals surface area contributed by atoms with Gasteiger partial charge in [-0.25, -0.2) is 0 Å². The van der Waals surface area contributed by atoms with Crippen molar-refractivity contribution in [3.05, 3.63) is 35.4 Å². The topological polar surface area (TPSA) is 63.4 Å². The van der Waals surface area contributed by atoms with Crippen molar-refractivity contribution in [1.82, 2.24) is 4.90 Å². The molecule has 1 saturated heterocycles. The van der Waals surface area contributed by atoms with Crippen molar-refractivity contribution in [3.63, 3.8) is 0 Å². The minimum absolute atomic E-state index is 0.0679. The van der Waals surface area contributed by atoms with Crippen LogP contribution in [0.5, 0.6) is 0 Å². The molecule has 4 nitrogen and oxygen atoms in total. The number of hydrogen-bond donors (Lipinski definition) is 1. The molecule has 0 saturated carbocycles. The minimum atomic E-state index is -0.197. The Bertz CT molecular complexity index is 437. The zero-order valence-electron chi connectivity index (χ0n) is 10.6. The SMILES string of the molecule is CC(c1ccc(CN)cc1)N1C(=O)CCCC1=O. The Morgan fingerprint density at radius 3 is 2.22 bits per heavy atom. The van der Waals surface area contributed by atoms with E-state index in [-0.39, 0.29) is 17.9 Å². The molecule has 1 unspecified atom stereocenters. The van der Waals surface area contributed by atoms with Crippen LogP contribution in [0.1, 0.15) is 43.4 Å². The lowest BCUT2D eigenvalue weighted by Gasteiger charge is -2.31. The number of nitrogens with two attached hydrogens (primary N) is 1. The number of likely N-dealkylation sites (tertiary alicyclic amines) is 1. The molecule has 2 amide bonds. The lowest BCUT2D eigenvalue weighted by Crippen LogP contribution is -2.41. The van der Waals surface area contributed by atoms with Crippen molar-refractivity contribution >= 4 is 11.8 Å². The molecule has 0 spiro atoms. The summed E-state index contributed by atoms with van der Waals surface area (Å²) in [6, 6.07) is 7.54. The van der Waals surface area contributed by atoms with E-state index in [4.69, 9.17) is 5.73 Å². The van der Waals surface area contributed by atoms with E-state index in [9.17, 15) is 9.59 Å². The molecule has 96 valence electrons. The van der Waals surface area contributed by atoms with Crippen LogP contribution < -0.4 is 5.73 Å². The third kappa shape index (κ3) is 2.43. The van der Waals surface area contributed by atoms with Crippen molar-refractivity contribution in [2.75, 3.05) is 0 Å². The van der Waals surface area contributed by atoms with Crippen LogP contribution in [0.25, 0.3) is 0 Å². The van der Waals surface area contributed by atoms with Gasteiger partial charge in [0.05, 0.1) is 6.04 Å². The summed E-state index contributed by atoms with van der Waals surface area (Å²) >= 11 is 0. The van der Waals surface area contributed by atoms with Gasteiger partial charge in [0.15, 0.2) is 0 Å². The molecule has 0 aliphatic carbocycles. The van der Waals surface area contributed by atoms with E-state index in [0.717, 1.165) is 11.1 Å². The number of benzene rings is 1. The van der Waals surface area contributed by atoms with Gasteiger partial charge in [0, 0.05) is 19.4 Å². The molecular weight excluding hydrogens is 228 g/mol. The Balaban J connectivity index is 2.20. The number of imide groups is 1. The monoisotopic (exact) mass is 246 g/mol. The first-order chi connectivity index (χ1) is 8.63. The smallest absolute Gasteiger partial charge is 0.229 e. The summed E-state index contributed by atoms with van der Waals surface area (Å²) < 4.78 is 0. The number of piperidine rings is 1.